The number of benzene rings is 2. The van der Waals surface area contributed by atoms with Crippen LogP contribution in [0.4, 0.5) is 0 Å². The molecule has 0 fully saturated rings. The minimum atomic E-state index is 0.00332. The van der Waals surface area contributed by atoms with Crippen molar-refractivity contribution in [1.82, 2.24) is 5.32 Å². The summed E-state index contributed by atoms with van der Waals surface area (Å²) in [5, 5.41) is 5.00. The van der Waals surface area contributed by atoms with Crippen molar-refractivity contribution >= 4 is 17.2 Å². The quantitative estimate of drug-likeness (QED) is 0.622. The molecular weight excluding hydrogens is 330 g/mol. The fourth-order valence-corrected chi connectivity index (χ4v) is 3.53. The molecule has 1 aromatic heterocycles. The third kappa shape index (κ3) is 4.48. The first kappa shape index (κ1) is 17.2. The Bertz CT molecular complexity index is 809. The van der Waals surface area contributed by atoms with Crippen molar-refractivity contribution in [3.05, 3.63) is 76.5 Å². The van der Waals surface area contributed by atoms with Crippen LogP contribution < -0.4 is 10.1 Å². The maximum absolute atomic E-state index is 12.5. The summed E-state index contributed by atoms with van der Waals surface area (Å²) in [6, 6.07) is 20.1. The highest BCUT2D eigenvalue weighted by molar-refractivity contribution is 7.12. The average Bonchev–Trinajstić information content (AvgIpc) is 3.16. The van der Waals surface area contributed by atoms with Gasteiger partial charge in [-0.2, -0.15) is 0 Å². The summed E-state index contributed by atoms with van der Waals surface area (Å²) in [5.74, 6) is 0.867. The monoisotopic (exact) mass is 351 g/mol. The van der Waals surface area contributed by atoms with Gasteiger partial charge in [-0.05, 0) is 47.5 Å². The van der Waals surface area contributed by atoms with Gasteiger partial charge in [-0.25, -0.2) is 0 Å². The van der Waals surface area contributed by atoms with E-state index in [1.54, 1.807) is 7.11 Å². The molecule has 4 heteroatoms. The number of hydrogen-bond donors (Lipinski definition) is 1. The van der Waals surface area contributed by atoms with Crippen LogP contribution >= 0.6 is 11.3 Å². The molecule has 0 unspecified atom stereocenters. The van der Waals surface area contributed by atoms with E-state index in [1.807, 2.05) is 53.9 Å². The minimum absolute atomic E-state index is 0.00332. The summed E-state index contributed by atoms with van der Waals surface area (Å²) in [6.45, 7) is 0.664. The zero-order valence-electron chi connectivity index (χ0n) is 14.2. The Hall–Kier alpha value is -2.59. The molecule has 2 aromatic carbocycles. The highest BCUT2D eigenvalue weighted by Crippen LogP contribution is 2.28. The number of amides is 1. The molecule has 128 valence electrons. The van der Waals surface area contributed by atoms with E-state index in [2.05, 4.69) is 17.4 Å². The Morgan fingerprint density at radius 1 is 1.04 bits per heavy atom. The van der Waals surface area contributed by atoms with E-state index in [9.17, 15) is 4.79 Å². The predicted octanol–water partition coefficient (Wildman–Crippen LogP) is 4.79. The number of methoxy groups -OCH3 is 1. The molecule has 0 saturated carbocycles. The number of thiophene rings is 1. The molecule has 3 aromatic rings. The molecule has 25 heavy (non-hydrogen) atoms. The van der Waals surface area contributed by atoms with Crippen molar-refractivity contribution in [3.63, 3.8) is 0 Å². The van der Waals surface area contributed by atoms with Gasteiger partial charge in [0.25, 0.3) is 5.91 Å². The van der Waals surface area contributed by atoms with Crippen molar-refractivity contribution in [2.45, 2.75) is 12.8 Å². The van der Waals surface area contributed by atoms with Crippen molar-refractivity contribution in [2.24, 2.45) is 0 Å². The van der Waals surface area contributed by atoms with Crippen LogP contribution in [0.15, 0.2) is 66.0 Å². The maximum Gasteiger partial charge on any atom is 0.261 e. The Labute approximate surface area is 152 Å². The summed E-state index contributed by atoms with van der Waals surface area (Å²) in [5.41, 5.74) is 3.32. The first-order valence-electron chi connectivity index (χ1n) is 8.32. The molecule has 3 nitrogen and oxygen atoms in total. The zero-order chi connectivity index (χ0) is 17.5. The first-order valence-corrected chi connectivity index (χ1v) is 9.20. The number of carbonyl (C=O) groups is 1. The highest BCUT2D eigenvalue weighted by Gasteiger charge is 2.13. The molecule has 0 saturated heterocycles. The second-order valence-electron chi connectivity index (χ2n) is 5.74. The number of hydrogen-bond acceptors (Lipinski definition) is 3. The minimum Gasteiger partial charge on any atom is -0.497 e. The van der Waals surface area contributed by atoms with Gasteiger partial charge in [0.15, 0.2) is 0 Å². The lowest BCUT2D eigenvalue weighted by atomic mass is 10.1. The number of rotatable bonds is 7. The van der Waals surface area contributed by atoms with E-state index in [0.29, 0.717) is 6.54 Å². The molecule has 0 aliphatic heterocycles. The van der Waals surface area contributed by atoms with Gasteiger partial charge in [0.1, 0.15) is 5.75 Å². The number of carbonyl (C=O) groups excluding carboxylic acids is 1. The first-order chi connectivity index (χ1) is 12.3. The molecule has 0 aliphatic carbocycles. The summed E-state index contributed by atoms with van der Waals surface area (Å²) in [4.78, 5) is 13.3. The van der Waals surface area contributed by atoms with Crippen LogP contribution in [0.2, 0.25) is 0 Å². The molecule has 0 radical (unpaired) electrons. The summed E-state index contributed by atoms with van der Waals surface area (Å²) >= 11 is 1.49. The third-order valence-electron chi connectivity index (χ3n) is 4.04. The van der Waals surface area contributed by atoms with E-state index in [1.165, 1.54) is 16.9 Å². The van der Waals surface area contributed by atoms with Crippen molar-refractivity contribution < 1.29 is 9.53 Å². The molecule has 1 heterocycles. The van der Waals surface area contributed by atoms with Crippen LogP contribution in [-0.4, -0.2) is 19.6 Å². The van der Waals surface area contributed by atoms with Crippen LogP contribution in [0.1, 0.15) is 21.7 Å². The zero-order valence-corrected chi connectivity index (χ0v) is 15.0. The van der Waals surface area contributed by atoms with Gasteiger partial charge in [0, 0.05) is 12.1 Å². The van der Waals surface area contributed by atoms with Gasteiger partial charge in [-0.3, -0.25) is 4.79 Å². The second kappa shape index (κ2) is 8.49. The van der Waals surface area contributed by atoms with Crippen LogP contribution in [0, 0.1) is 0 Å². The Morgan fingerprint density at radius 2 is 1.80 bits per heavy atom. The molecular formula is C21H21NO2S. The summed E-state index contributed by atoms with van der Waals surface area (Å²) in [6.07, 6.45) is 1.84. The normalized spacial score (nSPS) is 10.4. The molecule has 3 rings (SSSR count). The lowest BCUT2D eigenvalue weighted by molar-refractivity contribution is 0.0958. The van der Waals surface area contributed by atoms with Crippen molar-refractivity contribution in [1.29, 1.82) is 0 Å². The van der Waals surface area contributed by atoms with E-state index >= 15 is 0 Å². The number of nitrogens with one attached hydrogen (secondary N) is 1. The topological polar surface area (TPSA) is 38.3 Å². The maximum atomic E-state index is 12.5. The van der Waals surface area contributed by atoms with Gasteiger partial charge in [-0.1, -0.05) is 42.5 Å². The Balaban J connectivity index is 1.52. The van der Waals surface area contributed by atoms with Gasteiger partial charge in [-0.15, -0.1) is 11.3 Å². The van der Waals surface area contributed by atoms with Crippen LogP contribution in [0.3, 0.4) is 0 Å². The molecule has 1 N–H and O–H groups in total. The highest BCUT2D eigenvalue weighted by atomic mass is 32.1. The summed E-state index contributed by atoms with van der Waals surface area (Å²) < 4.78 is 5.16. The second-order valence-corrected chi connectivity index (χ2v) is 6.65. The number of aryl methyl sites for hydroxylation is 1. The lowest BCUT2D eigenvalue weighted by Gasteiger charge is -2.07. The molecule has 0 spiro atoms. The Kier molecular flexibility index (Phi) is 5.86. The smallest absolute Gasteiger partial charge is 0.261 e. The summed E-state index contributed by atoms with van der Waals surface area (Å²) in [7, 11) is 1.67. The largest absolute Gasteiger partial charge is 0.497 e. The van der Waals surface area contributed by atoms with Crippen molar-refractivity contribution in [3.8, 4) is 16.9 Å². The molecule has 0 bridgehead atoms. The van der Waals surface area contributed by atoms with Crippen LogP contribution in [0.25, 0.3) is 11.1 Å². The molecule has 1 amide bonds. The molecule has 0 atom stereocenters. The van der Waals surface area contributed by atoms with Gasteiger partial charge < -0.3 is 10.1 Å². The standard InChI is InChI=1S/C21H21NO2S/c1-24-18-11-9-16(10-12-18)6-5-14-22-21(23)20-19(13-15-25-20)17-7-3-2-4-8-17/h2-4,7-13,15H,5-6,14H2,1H3,(H,22,23). The van der Waals surface area contributed by atoms with E-state index in [-0.39, 0.29) is 5.91 Å². The SMILES string of the molecule is COc1ccc(CCCNC(=O)c2sccc2-c2ccccc2)cc1. The third-order valence-corrected chi connectivity index (χ3v) is 4.96. The Morgan fingerprint density at radius 3 is 2.52 bits per heavy atom. The van der Waals surface area contributed by atoms with Gasteiger partial charge in [0.05, 0.1) is 12.0 Å². The van der Waals surface area contributed by atoms with Crippen LogP contribution in [0.5, 0.6) is 5.75 Å². The fourth-order valence-electron chi connectivity index (χ4n) is 2.70. The van der Waals surface area contributed by atoms with Gasteiger partial charge >= 0.3 is 0 Å². The average molecular weight is 351 g/mol. The molecule has 0 aliphatic rings. The van der Waals surface area contributed by atoms with Gasteiger partial charge in [0.2, 0.25) is 0 Å². The number of ether oxygens (including phenoxy) is 1. The van der Waals surface area contributed by atoms with E-state index in [0.717, 1.165) is 34.6 Å². The van der Waals surface area contributed by atoms with E-state index < -0.39 is 0 Å². The fraction of sp³-hybridized carbons (Fsp3) is 0.190. The predicted molar refractivity (Wildman–Crippen MR) is 103 cm³/mol. The van der Waals surface area contributed by atoms with Crippen molar-refractivity contribution in [2.75, 3.05) is 13.7 Å². The van der Waals surface area contributed by atoms with Crippen LogP contribution in [-0.2, 0) is 6.42 Å². The lowest BCUT2D eigenvalue weighted by Crippen LogP contribution is -2.24. The van der Waals surface area contributed by atoms with E-state index in [4.69, 9.17) is 4.74 Å².